The molecule has 0 fully saturated rings. The van der Waals surface area contributed by atoms with Gasteiger partial charge in [0.25, 0.3) is 0 Å². The first-order valence-electron chi connectivity index (χ1n) is 14.6. The zero-order valence-electron chi connectivity index (χ0n) is 25.9. The quantitative estimate of drug-likeness (QED) is 0.221. The number of hydrogen-bond donors (Lipinski definition) is 0. The summed E-state index contributed by atoms with van der Waals surface area (Å²) in [7, 11) is 0. The van der Waals surface area contributed by atoms with Crippen LogP contribution in [0.2, 0.25) is 0 Å². The van der Waals surface area contributed by atoms with E-state index < -0.39 is 0 Å². The van der Waals surface area contributed by atoms with Gasteiger partial charge < -0.3 is 0 Å². The van der Waals surface area contributed by atoms with Gasteiger partial charge in [-0.15, -0.1) is 0 Å². The van der Waals surface area contributed by atoms with E-state index >= 15 is 0 Å². The third-order valence-electron chi connectivity index (χ3n) is 6.49. The molecule has 2 heteroatoms. The minimum Gasteiger partial charge on any atom is -0.292 e. The fourth-order valence-corrected chi connectivity index (χ4v) is 4.81. The van der Waals surface area contributed by atoms with Gasteiger partial charge in [-0.2, -0.15) is 0 Å². The van der Waals surface area contributed by atoms with Crippen LogP contribution in [0.15, 0.2) is 66.9 Å². The van der Waals surface area contributed by atoms with E-state index in [1.165, 1.54) is 62.5 Å². The SMILES string of the molecule is CC.CC.CCCC.Cc1cccc(C)c1-c1cnc2c3ccccc3c3cc(CC(C)(C)C)ccc3n12. The summed E-state index contributed by atoms with van der Waals surface area (Å²) < 4.78 is 2.36. The van der Waals surface area contributed by atoms with Gasteiger partial charge in [0.15, 0.2) is 0 Å². The molecule has 0 atom stereocenters. The molecule has 0 saturated carbocycles. The number of hydrogen-bond acceptors (Lipinski definition) is 1. The molecule has 0 spiro atoms. The number of fused-ring (bicyclic) bond motifs is 6. The van der Waals surface area contributed by atoms with Crippen LogP contribution in [-0.4, -0.2) is 9.38 Å². The molecule has 3 aromatic carbocycles. The molecule has 38 heavy (non-hydrogen) atoms. The largest absolute Gasteiger partial charge is 0.292 e. The highest BCUT2D eigenvalue weighted by Crippen LogP contribution is 2.36. The monoisotopic (exact) mass is 510 g/mol. The van der Waals surface area contributed by atoms with Gasteiger partial charge in [-0.1, -0.05) is 124 Å². The van der Waals surface area contributed by atoms with Crippen LogP contribution in [0.4, 0.5) is 0 Å². The summed E-state index contributed by atoms with van der Waals surface area (Å²) in [4.78, 5) is 4.90. The average molecular weight is 511 g/mol. The summed E-state index contributed by atoms with van der Waals surface area (Å²) in [6, 6.07) is 22.1. The topological polar surface area (TPSA) is 17.3 Å². The molecule has 5 rings (SSSR count). The maximum atomic E-state index is 4.90. The van der Waals surface area contributed by atoms with Gasteiger partial charge in [-0.25, -0.2) is 4.98 Å². The summed E-state index contributed by atoms with van der Waals surface area (Å²) in [5, 5.41) is 3.77. The van der Waals surface area contributed by atoms with Crippen LogP contribution in [-0.2, 0) is 6.42 Å². The van der Waals surface area contributed by atoms with E-state index in [0.717, 1.165) is 12.1 Å². The van der Waals surface area contributed by atoms with Gasteiger partial charge in [0.2, 0.25) is 0 Å². The molecule has 2 nitrogen and oxygen atoms in total. The van der Waals surface area contributed by atoms with E-state index in [1.807, 2.05) is 33.9 Å². The second-order valence-corrected chi connectivity index (χ2v) is 10.7. The summed E-state index contributed by atoms with van der Waals surface area (Å²) >= 11 is 0. The Morgan fingerprint density at radius 1 is 0.711 bits per heavy atom. The van der Waals surface area contributed by atoms with Crippen LogP contribution >= 0.6 is 0 Å². The van der Waals surface area contributed by atoms with Crippen LogP contribution < -0.4 is 0 Å². The lowest BCUT2D eigenvalue weighted by atomic mass is 9.87. The predicted octanol–water partition coefficient (Wildman–Crippen LogP) is 11.4. The van der Waals surface area contributed by atoms with E-state index in [9.17, 15) is 0 Å². The molecule has 204 valence electrons. The maximum Gasteiger partial charge on any atom is 0.145 e. The smallest absolute Gasteiger partial charge is 0.145 e. The Balaban J connectivity index is 0.000000571. The molecule has 0 N–H and O–H groups in total. The van der Waals surface area contributed by atoms with Crippen molar-refractivity contribution in [3.8, 4) is 11.3 Å². The molecule has 0 aliphatic carbocycles. The molecule has 0 aliphatic rings. The number of imidazole rings is 1. The first-order chi connectivity index (χ1) is 18.2. The number of rotatable bonds is 3. The van der Waals surface area contributed by atoms with Crippen molar-refractivity contribution in [1.29, 1.82) is 0 Å². The Morgan fingerprint density at radius 3 is 1.84 bits per heavy atom. The Bertz CT molecular complexity index is 1430. The van der Waals surface area contributed by atoms with Crippen molar-refractivity contribution in [3.63, 3.8) is 0 Å². The number of pyridine rings is 1. The first-order valence-corrected chi connectivity index (χ1v) is 14.6. The van der Waals surface area contributed by atoms with E-state index in [0.29, 0.717) is 0 Å². The number of aromatic nitrogens is 2. The molecular weight excluding hydrogens is 460 g/mol. The normalized spacial score (nSPS) is 10.8. The fourth-order valence-electron chi connectivity index (χ4n) is 4.81. The molecule has 5 aromatic rings. The molecule has 2 aromatic heterocycles. The van der Waals surface area contributed by atoms with Crippen molar-refractivity contribution in [2.24, 2.45) is 5.41 Å². The van der Waals surface area contributed by atoms with Gasteiger partial charge in [0.1, 0.15) is 5.65 Å². The number of unbranched alkanes of at least 4 members (excludes halogenated alkanes) is 1. The molecule has 0 bridgehead atoms. The molecule has 0 radical (unpaired) electrons. The minimum absolute atomic E-state index is 0.256. The lowest BCUT2D eigenvalue weighted by Crippen LogP contribution is -2.09. The standard InChI is InChI=1S/C28H28N2.C4H10.2C2H6/c1-18-9-8-10-19(2)26(18)25-17-29-27-22-12-7-6-11-21(22)23-15-20(16-28(3,4)5)13-14-24(23)30(25)27;1-3-4-2;2*1-2/h6-15,17H,16H2,1-5H3;3-4H2,1-2H3;2*1-2H3. The van der Waals surface area contributed by atoms with E-state index in [2.05, 4.69) is 114 Å². The highest BCUT2D eigenvalue weighted by molar-refractivity contribution is 6.12. The van der Waals surface area contributed by atoms with Gasteiger partial charge in [0.05, 0.1) is 17.4 Å². The van der Waals surface area contributed by atoms with Crippen LogP contribution in [0.1, 0.15) is 91.8 Å². The summed E-state index contributed by atoms with van der Waals surface area (Å²) in [5.74, 6) is 0. The summed E-state index contributed by atoms with van der Waals surface area (Å²) in [6.45, 7) is 23.6. The van der Waals surface area contributed by atoms with Crippen LogP contribution in [0.3, 0.4) is 0 Å². The van der Waals surface area contributed by atoms with E-state index in [4.69, 9.17) is 4.98 Å². The number of benzene rings is 3. The maximum absolute atomic E-state index is 4.90. The number of nitrogens with zero attached hydrogens (tertiary/aromatic N) is 2. The van der Waals surface area contributed by atoms with Gasteiger partial charge in [-0.3, -0.25) is 4.40 Å². The van der Waals surface area contributed by atoms with Crippen molar-refractivity contribution in [2.45, 2.75) is 95.4 Å². The zero-order valence-corrected chi connectivity index (χ0v) is 25.9. The second-order valence-electron chi connectivity index (χ2n) is 10.7. The van der Waals surface area contributed by atoms with Gasteiger partial charge >= 0.3 is 0 Å². The first kappa shape index (κ1) is 31.1. The van der Waals surface area contributed by atoms with Crippen molar-refractivity contribution in [3.05, 3.63) is 83.6 Å². The Hall–Kier alpha value is -3.13. The lowest BCUT2D eigenvalue weighted by Gasteiger charge is -2.19. The van der Waals surface area contributed by atoms with Gasteiger partial charge in [0, 0.05) is 16.3 Å². The Labute approximate surface area is 232 Å². The average Bonchev–Trinajstić information content (AvgIpc) is 3.35. The molecule has 2 heterocycles. The lowest BCUT2D eigenvalue weighted by molar-refractivity contribution is 0.411. The number of aryl methyl sites for hydroxylation is 2. The minimum atomic E-state index is 0.256. The third kappa shape index (κ3) is 6.84. The van der Waals surface area contributed by atoms with Crippen LogP contribution in [0.25, 0.3) is 38.6 Å². The highest BCUT2D eigenvalue weighted by Gasteiger charge is 2.18. The molecule has 0 aliphatic heterocycles. The Kier molecular flexibility index (Phi) is 11.6. The Morgan fingerprint density at radius 2 is 1.29 bits per heavy atom. The van der Waals surface area contributed by atoms with Gasteiger partial charge in [-0.05, 0) is 59.9 Å². The van der Waals surface area contributed by atoms with Crippen molar-refractivity contribution in [1.82, 2.24) is 9.38 Å². The predicted molar refractivity (Wildman–Crippen MR) is 172 cm³/mol. The van der Waals surface area contributed by atoms with Crippen LogP contribution in [0.5, 0.6) is 0 Å². The molecule has 0 unspecified atom stereocenters. The van der Waals surface area contributed by atoms with Crippen molar-refractivity contribution in [2.75, 3.05) is 0 Å². The zero-order chi connectivity index (χ0) is 28.5. The molecule has 0 saturated heterocycles. The van der Waals surface area contributed by atoms with Crippen LogP contribution in [0, 0.1) is 19.3 Å². The highest BCUT2D eigenvalue weighted by atomic mass is 15.0. The summed E-state index contributed by atoms with van der Waals surface area (Å²) in [6.07, 6.45) is 5.74. The molecule has 0 amide bonds. The molecular formula is C36H50N2. The fraction of sp³-hybridized carbons (Fsp3) is 0.417. The summed E-state index contributed by atoms with van der Waals surface area (Å²) in [5.41, 5.74) is 8.89. The van der Waals surface area contributed by atoms with Crippen molar-refractivity contribution >= 4 is 27.3 Å². The van der Waals surface area contributed by atoms with E-state index in [-0.39, 0.29) is 5.41 Å². The van der Waals surface area contributed by atoms with E-state index in [1.54, 1.807) is 0 Å². The van der Waals surface area contributed by atoms with Crippen molar-refractivity contribution < 1.29 is 0 Å². The third-order valence-corrected chi connectivity index (χ3v) is 6.49. The second kappa shape index (κ2) is 14.1.